The van der Waals surface area contributed by atoms with Gasteiger partial charge in [0.25, 0.3) is 0 Å². The van der Waals surface area contributed by atoms with E-state index in [9.17, 15) is 8.78 Å². The molecule has 0 N–H and O–H groups in total. The van der Waals surface area contributed by atoms with Gasteiger partial charge in [-0.3, -0.25) is 0 Å². The van der Waals surface area contributed by atoms with E-state index in [0.717, 1.165) is 38.0 Å². The monoisotopic (exact) mass is 364 g/mol. The molecule has 0 bridgehead atoms. The van der Waals surface area contributed by atoms with Crippen LogP contribution in [0.1, 0.15) is 32.3 Å². The fourth-order valence-electron chi connectivity index (χ4n) is 2.72. The van der Waals surface area contributed by atoms with E-state index >= 15 is 0 Å². The fourth-order valence-corrected chi connectivity index (χ4v) is 2.72. The van der Waals surface area contributed by atoms with E-state index in [1.165, 1.54) is 24.8 Å². The molecule has 142 valence electrons. The molecule has 3 nitrogen and oxygen atoms in total. The number of hydrogen-bond acceptors (Lipinski definition) is 3. The van der Waals surface area contributed by atoms with Gasteiger partial charge >= 0.3 is 0 Å². The summed E-state index contributed by atoms with van der Waals surface area (Å²) in [4.78, 5) is 0. The van der Waals surface area contributed by atoms with Crippen LogP contribution in [0.3, 0.4) is 0 Å². The summed E-state index contributed by atoms with van der Waals surface area (Å²) in [5.74, 6) is -1.71. The first-order valence-corrected chi connectivity index (χ1v) is 8.94. The predicted octanol–water partition coefficient (Wildman–Crippen LogP) is 5.36. The van der Waals surface area contributed by atoms with Gasteiger partial charge in [-0.25, -0.2) is 8.78 Å². The minimum atomic E-state index is -0.685. The van der Waals surface area contributed by atoms with Crippen LogP contribution in [0.5, 0.6) is 5.75 Å². The van der Waals surface area contributed by atoms with Gasteiger partial charge in [-0.2, -0.15) is 0 Å². The van der Waals surface area contributed by atoms with Gasteiger partial charge in [-0.15, -0.1) is 0 Å². The summed E-state index contributed by atoms with van der Waals surface area (Å²) < 4.78 is 42.1. The van der Waals surface area contributed by atoms with Crippen molar-refractivity contribution in [1.82, 2.24) is 0 Å². The minimum absolute atomic E-state index is 0.0972. The third-order valence-electron chi connectivity index (χ3n) is 4.05. The lowest BCUT2D eigenvalue weighted by Crippen LogP contribution is -2.03. The van der Waals surface area contributed by atoms with E-state index in [1.54, 1.807) is 0 Å². The Morgan fingerprint density at radius 3 is 1.96 bits per heavy atom. The lowest BCUT2D eigenvalue weighted by Gasteiger charge is -2.08. The zero-order valence-electron chi connectivity index (χ0n) is 15.6. The highest BCUT2D eigenvalue weighted by atomic mass is 19.1. The highest BCUT2D eigenvalue weighted by molar-refractivity contribution is 5.65. The molecule has 0 unspecified atom stereocenters. The quantitative estimate of drug-likeness (QED) is 0.715. The molecule has 0 amide bonds. The molecule has 1 heterocycles. The molecule has 1 saturated heterocycles. The maximum Gasteiger partial charge on any atom is 0.190 e. The summed E-state index contributed by atoms with van der Waals surface area (Å²) in [6.45, 7) is 5.72. The SMILES string of the molecule is CCC1OCCO1.CCCc1ccc(-c2cc(F)c(OC)c(F)c2)cc1. The number of aryl methyl sites for hydroxylation is 1. The average molecular weight is 364 g/mol. The van der Waals surface area contributed by atoms with Gasteiger partial charge in [0.15, 0.2) is 23.7 Å². The van der Waals surface area contributed by atoms with E-state index in [-0.39, 0.29) is 12.0 Å². The highest BCUT2D eigenvalue weighted by Gasteiger charge is 2.12. The second-order valence-corrected chi connectivity index (χ2v) is 6.00. The Balaban J connectivity index is 0.000000290. The van der Waals surface area contributed by atoms with Gasteiger partial charge in [0.1, 0.15) is 0 Å². The first kappa shape index (κ1) is 20.3. The molecule has 2 aromatic rings. The maximum atomic E-state index is 13.6. The molecule has 0 spiro atoms. The summed E-state index contributed by atoms with van der Waals surface area (Å²) in [6, 6.07) is 10.3. The number of ether oxygens (including phenoxy) is 3. The summed E-state index contributed by atoms with van der Waals surface area (Å²) in [6.07, 6.45) is 3.15. The first-order valence-electron chi connectivity index (χ1n) is 8.94. The van der Waals surface area contributed by atoms with Crippen molar-refractivity contribution in [2.75, 3.05) is 20.3 Å². The number of halogens is 2. The lowest BCUT2D eigenvalue weighted by molar-refractivity contribution is -0.0430. The molecule has 0 radical (unpaired) electrons. The predicted molar refractivity (Wildman–Crippen MR) is 98.3 cm³/mol. The van der Waals surface area contributed by atoms with Crippen molar-refractivity contribution >= 4 is 0 Å². The largest absolute Gasteiger partial charge is 0.491 e. The Labute approximate surface area is 153 Å². The van der Waals surface area contributed by atoms with Crippen molar-refractivity contribution in [3.63, 3.8) is 0 Å². The third kappa shape index (κ3) is 5.51. The Kier molecular flexibility index (Phi) is 8.01. The van der Waals surface area contributed by atoms with Crippen LogP contribution in [0.4, 0.5) is 8.78 Å². The van der Waals surface area contributed by atoms with Crippen LogP contribution in [0.2, 0.25) is 0 Å². The van der Waals surface area contributed by atoms with Gasteiger partial charge in [0.2, 0.25) is 0 Å². The molecule has 0 aliphatic carbocycles. The van der Waals surface area contributed by atoms with E-state index < -0.39 is 11.6 Å². The molecule has 5 heteroatoms. The van der Waals surface area contributed by atoms with E-state index in [2.05, 4.69) is 18.6 Å². The highest BCUT2D eigenvalue weighted by Crippen LogP contribution is 2.29. The van der Waals surface area contributed by atoms with Crippen LogP contribution in [0.25, 0.3) is 11.1 Å². The molecule has 26 heavy (non-hydrogen) atoms. The second kappa shape index (κ2) is 10.2. The molecule has 1 aliphatic rings. The number of hydrogen-bond donors (Lipinski definition) is 0. The second-order valence-electron chi connectivity index (χ2n) is 6.00. The standard InChI is InChI=1S/C16H16F2O.C5H10O2/c1-3-4-11-5-7-12(8-6-11)13-9-14(17)16(19-2)15(18)10-13;1-2-5-6-3-4-7-5/h5-10H,3-4H2,1-2H3;5H,2-4H2,1H3. The van der Waals surface area contributed by atoms with E-state index in [1.807, 2.05) is 24.3 Å². The van der Waals surface area contributed by atoms with Crippen molar-refractivity contribution in [3.05, 3.63) is 53.6 Å². The topological polar surface area (TPSA) is 27.7 Å². The van der Waals surface area contributed by atoms with Crippen LogP contribution in [-0.2, 0) is 15.9 Å². The van der Waals surface area contributed by atoms with Crippen LogP contribution >= 0.6 is 0 Å². The zero-order valence-corrected chi connectivity index (χ0v) is 15.6. The summed E-state index contributed by atoms with van der Waals surface area (Å²) in [5.41, 5.74) is 2.53. The first-order chi connectivity index (χ1) is 12.6. The van der Waals surface area contributed by atoms with Gasteiger partial charge in [0, 0.05) is 0 Å². The van der Waals surface area contributed by atoms with Crippen molar-refractivity contribution in [3.8, 4) is 16.9 Å². The molecule has 2 aromatic carbocycles. The molecule has 3 rings (SSSR count). The number of rotatable bonds is 5. The van der Waals surface area contributed by atoms with Gasteiger partial charge in [-0.05, 0) is 41.7 Å². The third-order valence-corrected chi connectivity index (χ3v) is 4.05. The zero-order chi connectivity index (χ0) is 18.9. The summed E-state index contributed by atoms with van der Waals surface area (Å²) >= 11 is 0. The molecule has 0 aromatic heterocycles. The van der Waals surface area contributed by atoms with Crippen LogP contribution in [0, 0.1) is 11.6 Å². The molecular weight excluding hydrogens is 338 g/mol. The summed E-state index contributed by atoms with van der Waals surface area (Å²) in [7, 11) is 1.25. The number of benzene rings is 2. The normalized spacial score (nSPS) is 14.0. The van der Waals surface area contributed by atoms with Gasteiger partial charge in [-0.1, -0.05) is 44.5 Å². The van der Waals surface area contributed by atoms with Crippen molar-refractivity contribution in [1.29, 1.82) is 0 Å². The smallest absolute Gasteiger partial charge is 0.190 e. The minimum Gasteiger partial charge on any atom is -0.491 e. The lowest BCUT2D eigenvalue weighted by atomic mass is 10.0. The molecule has 0 saturated carbocycles. The molecule has 1 aliphatic heterocycles. The molecule has 0 atom stereocenters. The van der Waals surface area contributed by atoms with Crippen molar-refractivity contribution in [2.45, 2.75) is 39.4 Å². The Morgan fingerprint density at radius 2 is 1.54 bits per heavy atom. The van der Waals surface area contributed by atoms with Gasteiger partial charge < -0.3 is 14.2 Å². The number of methoxy groups -OCH3 is 1. The average Bonchev–Trinajstić information content (AvgIpc) is 3.17. The fraction of sp³-hybridized carbons (Fsp3) is 0.429. The van der Waals surface area contributed by atoms with E-state index in [0.29, 0.717) is 5.56 Å². The van der Waals surface area contributed by atoms with Crippen molar-refractivity contribution < 1.29 is 23.0 Å². The van der Waals surface area contributed by atoms with Crippen LogP contribution in [-0.4, -0.2) is 26.6 Å². The summed E-state index contributed by atoms with van der Waals surface area (Å²) in [5, 5.41) is 0. The Morgan fingerprint density at radius 1 is 0.962 bits per heavy atom. The van der Waals surface area contributed by atoms with Gasteiger partial charge in [0.05, 0.1) is 20.3 Å². The molecule has 1 fully saturated rings. The Hall–Kier alpha value is -1.98. The van der Waals surface area contributed by atoms with E-state index in [4.69, 9.17) is 9.47 Å². The van der Waals surface area contributed by atoms with Crippen molar-refractivity contribution in [2.24, 2.45) is 0 Å². The maximum absolute atomic E-state index is 13.6. The Bertz CT molecular complexity index is 657. The van der Waals surface area contributed by atoms with Crippen LogP contribution in [0.15, 0.2) is 36.4 Å². The van der Waals surface area contributed by atoms with Crippen LogP contribution < -0.4 is 4.74 Å². The molecular formula is C21H26F2O3.